The van der Waals surface area contributed by atoms with Gasteiger partial charge in [-0.25, -0.2) is 13.2 Å². The van der Waals surface area contributed by atoms with Gasteiger partial charge in [-0.1, -0.05) is 18.2 Å². The summed E-state index contributed by atoms with van der Waals surface area (Å²) >= 11 is 0. The quantitative estimate of drug-likeness (QED) is 0.385. The molecule has 0 aliphatic carbocycles. The third-order valence-electron chi connectivity index (χ3n) is 4.91. The van der Waals surface area contributed by atoms with Crippen LogP contribution in [-0.2, 0) is 21.2 Å². The minimum Gasteiger partial charge on any atom is -0.496 e. The third-order valence-corrected chi connectivity index (χ3v) is 6.26. The van der Waals surface area contributed by atoms with Crippen molar-refractivity contribution in [1.29, 1.82) is 0 Å². The molecule has 0 unspecified atom stereocenters. The van der Waals surface area contributed by atoms with Gasteiger partial charge in [0.25, 0.3) is 0 Å². The minimum absolute atomic E-state index is 0.130. The molecular weight excluding hydrogens is 420 g/mol. The number of ketones is 1. The Bertz CT molecular complexity index is 1230. The topological polar surface area (TPSA) is 115 Å². The molecule has 3 aromatic rings. The van der Waals surface area contributed by atoms with E-state index >= 15 is 0 Å². The summed E-state index contributed by atoms with van der Waals surface area (Å²) in [6.07, 6.45) is 2.39. The highest BCUT2D eigenvalue weighted by Gasteiger charge is 2.19. The average Bonchev–Trinajstić information content (AvgIpc) is 3.17. The fraction of sp³-hybridized carbons (Fsp3) is 0.273. The molecule has 8 nitrogen and oxygen atoms in total. The molecule has 2 N–H and O–H groups in total. The zero-order valence-electron chi connectivity index (χ0n) is 17.5. The van der Waals surface area contributed by atoms with E-state index in [9.17, 15) is 18.0 Å². The zero-order chi connectivity index (χ0) is 22.6. The number of Topliss-reactive ketones (excluding diaryl/α,β-unsaturated/α-hetero) is 1. The molecule has 0 saturated carbocycles. The number of rotatable bonds is 9. The first-order valence-corrected chi connectivity index (χ1v) is 11.3. The number of hydrogen-bond donors (Lipinski definition) is 2. The van der Waals surface area contributed by atoms with Gasteiger partial charge < -0.3 is 14.5 Å². The largest absolute Gasteiger partial charge is 0.496 e. The highest BCUT2D eigenvalue weighted by atomic mass is 32.2. The summed E-state index contributed by atoms with van der Waals surface area (Å²) in [6.45, 7) is 1.40. The van der Waals surface area contributed by atoms with E-state index in [-0.39, 0.29) is 22.8 Å². The van der Waals surface area contributed by atoms with Gasteiger partial charge in [0, 0.05) is 17.1 Å². The van der Waals surface area contributed by atoms with Gasteiger partial charge in [0.1, 0.15) is 5.75 Å². The van der Waals surface area contributed by atoms with Crippen molar-refractivity contribution in [2.45, 2.75) is 19.8 Å². The maximum absolute atomic E-state index is 12.7. The Labute approximate surface area is 180 Å². The molecule has 9 heteroatoms. The predicted molar refractivity (Wildman–Crippen MR) is 118 cm³/mol. The van der Waals surface area contributed by atoms with Gasteiger partial charge in [-0.15, -0.1) is 0 Å². The van der Waals surface area contributed by atoms with Crippen LogP contribution >= 0.6 is 0 Å². The second kappa shape index (κ2) is 9.22. The average molecular weight is 445 g/mol. The Balaban J connectivity index is 1.85. The maximum Gasteiger partial charge on any atom is 0.337 e. The first-order chi connectivity index (χ1) is 14.8. The fourth-order valence-corrected chi connectivity index (χ4v) is 4.54. The van der Waals surface area contributed by atoms with E-state index in [1.807, 2.05) is 24.3 Å². The molecule has 0 atom stereocenters. The van der Waals surface area contributed by atoms with Gasteiger partial charge in [0.2, 0.25) is 10.0 Å². The van der Waals surface area contributed by atoms with Gasteiger partial charge in [0.15, 0.2) is 5.78 Å². The number of aryl methyl sites for hydroxylation is 1. The fourth-order valence-electron chi connectivity index (χ4n) is 3.42. The second-order valence-corrected chi connectivity index (χ2v) is 8.87. The number of anilines is 1. The lowest BCUT2D eigenvalue weighted by Crippen LogP contribution is -2.18. The number of carbonyl (C=O) groups excluding carboxylic acids is 2. The van der Waals surface area contributed by atoms with E-state index in [2.05, 4.69) is 9.71 Å². The van der Waals surface area contributed by atoms with Crippen LogP contribution in [0.4, 0.5) is 5.69 Å². The molecule has 164 valence electrons. The number of nitrogens with one attached hydrogen (secondary N) is 2. The molecule has 1 aromatic heterocycles. The number of esters is 1. The predicted octanol–water partition coefficient (Wildman–Crippen LogP) is 3.54. The number of H-pyrrole nitrogens is 1. The van der Waals surface area contributed by atoms with Crippen LogP contribution in [0.15, 0.2) is 42.6 Å². The molecule has 0 amide bonds. The van der Waals surface area contributed by atoms with Crippen molar-refractivity contribution in [2.75, 3.05) is 24.7 Å². The van der Waals surface area contributed by atoms with Crippen molar-refractivity contribution in [2.24, 2.45) is 0 Å². The maximum atomic E-state index is 12.7. The Hall–Kier alpha value is -3.33. The van der Waals surface area contributed by atoms with Gasteiger partial charge >= 0.3 is 5.97 Å². The molecule has 2 aromatic carbocycles. The lowest BCUT2D eigenvalue weighted by Gasteiger charge is -2.12. The smallest absolute Gasteiger partial charge is 0.337 e. The number of hydrogen-bond acceptors (Lipinski definition) is 6. The lowest BCUT2D eigenvalue weighted by atomic mass is 10.1. The van der Waals surface area contributed by atoms with Crippen LogP contribution in [0.1, 0.15) is 39.6 Å². The number of ether oxygens (including phenoxy) is 2. The molecule has 1 heterocycles. The first kappa shape index (κ1) is 22.4. The summed E-state index contributed by atoms with van der Waals surface area (Å²) in [5, 5.41) is 0.446. The zero-order valence-corrected chi connectivity index (χ0v) is 18.3. The lowest BCUT2D eigenvalue weighted by molar-refractivity contribution is 0.0600. The molecule has 0 aliphatic rings. The monoisotopic (exact) mass is 444 g/mol. The summed E-state index contributed by atoms with van der Waals surface area (Å²) in [5.74, 6) is -0.258. The molecule has 0 spiro atoms. The summed E-state index contributed by atoms with van der Waals surface area (Å²) in [5.41, 5.74) is 2.03. The number of aromatic nitrogens is 1. The molecule has 0 bridgehead atoms. The van der Waals surface area contributed by atoms with Gasteiger partial charge in [-0.3, -0.25) is 9.52 Å². The highest BCUT2D eigenvalue weighted by molar-refractivity contribution is 7.92. The minimum atomic E-state index is -3.72. The van der Waals surface area contributed by atoms with Crippen LogP contribution < -0.4 is 9.46 Å². The number of para-hydroxylation sites is 1. The van der Waals surface area contributed by atoms with Crippen LogP contribution in [0.2, 0.25) is 0 Å². The van der Waals surface area contributed by atoms with E-state index in [4.69, 9.17) is 9.47 Å². The summed E-state index contributed by atoms with van der Waals surface area (Å²) in [6, 6.07) is 10.4. The Morgan fingerprint density at radius 3 is 2.55 bits per heavy atom. The summed E-state index contributed by atoms with van der Waals surface area (Å²) in [7, 11) is -0.919. The van der Waals surface area contributed by atoms with Crippen LogP contribution in [-0.4, -0.2) is 45.1 Å². The Morgan fingerprint density at radius 2 is 1.87 bits per heavy atom. The molecular formula is C22H24N2O6S. The van der Waals surface area contributed by atoms with Crippen LogP contribution in [0.5, 0.6) is 5.75 Å². The Kier molecular flexibility index (Phi) is 6.65. The van der Waals surface area contributed by atoms with Crippen molar-refractivity contribution in [3.8, 4) is 5.75 Å². The van der Waals surface area contributed by atoms with E-state index in [1.165, 1.54) is 32.4 Å². The molecule has 0 saturated heterocycles. The SMILES string of the molecule is COC(=O)c1cc(NS(=O)(=O)CCCc2ccccc2OC)c2[nH]cc(C(C)=O)c2c1. The van der Waals surface area contributed by atoms with Gasteiger partial charge in [-0.05, 0) is 43.5 Å². The number of sulfonamides is 1. The van der Waals surface area contributed by atoms with E-state index in [0.29, 0.717) is 35.1 Å². The standard InChI is InChI=1S/C22H24N2O6S/c1-14(25)18-13-23-21-17(18)11-16(22(26)30-3)12-19(21)24-31(27,28)10-6-8-15-7-4-5-9-20(15)29-2/h4-5,7,9,11-13,23-24H,6,8,10H2,1-3H3. The molecule has 0 fully saturated rings. The van der Waals surface area contributed by atoms with Gasteiger partial charge in [0.05, 0.1) is 36.7 Å². The number of fused-ring (bicyclic) bond motifs is 1. The van der Waals surface area contributed by atoms with E-state index in [0.717, 1.165) is 5.56 Å². The highest BCUT2D eigenvalue weighted by Crippen LogP contribution is 2.29. The van der Waals surface area contributed by atoms with Crippen molar-refractivity contribution in [3.05, 3.63) is 59.3 Å². The van der Waals surface area contributed by atoms with Crippen molar-refractivity contribution in [1.82, 2.24) is 4.98 Å². The first-order valence-electron chi connectivity index (χ1n) is 9.62. The van der Waals surface area contributed by atoms with Crippen LogP contribution in [0.3, 0.4) is 0 Å². The van der Waals surface area contributed by atoms with E-state index in [1.54, 1.807) is 7.11 Å². The summed E-state index contributed by atoms with van der Waals surface area (Å²) < 4.78 is 38.1. The molecule has 0 radical (unpaired) electrons. The molecule has 0 aliphatic heterocycles. The van der Waals surface area contributed by atoms with Crippen molar-refractivity contribution in [3.63, 3.8) is 0 Å². The second-order valence-electron chi connectivity index (χ2n) is 7.03. The number of methoxy groups -OCH3 is 2. The van der Waals surface area contributed by atoms with Crippen LogP contribution in [0, 0.1) is 0 Å². The Morgan fingerprint density at radius 1 is 1.13 bits per heavy atom. The number of aromatic amines is 1. The summed E-state index contributed by atoms with van der Waals surface area (Å²) in [4.78, 5) is 26.9. The van der Waals surface area contributed by atoms with E-state index < -0.39 is 16.0 Å². The van der Waals surface area contributed by atoms with Crippen molar-refractivity contribution >= 4 is 38.4 Å². The number of benzene rings is 2. The third kappa shape index (κ3) is 5.05. The normalized spacial score (nSPS) is 11.3. The molecule has 31 heavy (non-hydrogen) atoms. The number of carbonyl (C=O) groups is 2. The van der Waals surface area contributed by atoms with Gasteiger partial charge in [-0.2, -0.15) is 0 Å². The molecule has 3 rings (SSSR count). The van der Waals surface area contributed by atoms with Crippen molar-refractivity contribution < 1.29 is 27.5 Å². The van der Waals surface area contributed by atoms with Crippen LogP contribution in [0.25, 0.3) is 10.9 Å².